The van der Waals surface area contributed by atoms with Gasteiger partial charge in [-0.3, -0.25) is 9.59 Å². The van der Waals surface area contributed by atoms with E-state index < -0.39 is 5.91 Å². The number of carbonyl (C=O) groups excluding carboxylic acids is 2. The van der Waals surface area contributed by atoms with Gasteiger partial charge in [0.1, 0.15) is 11.5 Å². The molecule has 1 aromatic heterocycles. The molecule has 0 aliphatic rings. The summed E-state index contributed by atoms with van der Waals surface area (Å²) in [5.74, 6) is 0.398. The number of rotatable bonds is 5. The van der Waals surface area contributed by atoms with Crippen molar-refractivity contribution >= 4 is 46.9 Å². The second-order valence-electron chi connectivity index (χ2n) is 5.78. The number of hydrazone groups is 1. The molecule has 3 aromatic rings. The van der Waals surface area contributed by atoms with Crippen molar-refractivity contribution in [3.05, 3.63) is 76.0 Å². The van der Waals surface area contributed by atoms with Crippen LogP contribution in [0.5, 0.6) is 0 Å². The number of hydrogen-bond acceptors (Lipinski definition) is 4. The summed E-state index contributed by atoms with van der Waals surface area (Å²) in [5, 5.41) is 7.57. The third-order valence-corrected chi connectivity index (χ3v) is 4.21. The summed E-state index contributed by atoms with van der Waals surface area (Å²) in [6.07, 6.45) is 1.38. The molecule has 8 heteroatoms. The first kappa shape index (κ1) is 19.7. The molecule has 0 atom stereocenters. The van der Waals surface area contributed by atoms with Crippen molar-refractivity contribution in [3.8, 4) is 11.3 Å². The van der Waals surface area contributed by atoms with Crippen LogP contribution in [0.15, 0.2) is 64.1 Å². The van der Waals surface area contributed by atoms with Crippen molar-refractivity contribution in [3.63, 3.8) is 0 Å². The number of halogens is 2. The lowest BCUT2D eigenvalue weighted by Gasteiger charge is -2.03. The second-order valence-corrected chi connectivity index (χ2v) is 6.63. The molecule has 0 radical (unpaired) electrons. The van der Waals surface area contributed by atoms with Crippen LogP contribution in [0.4, 0.5) is 5.69 Å². The molecule has 0 unspecified atom stereocenters. The highest BCUT2D eigenvalue weighted by Crippen LogP contribution is 2.31. The van der Waals surface area contributed by atoms with Crippen LogP contribution in [-0.4, -0.2) is 18.0 Å². The van der Waals surface area contributed by atoms with Crippen molar-refractivity contribution in [2.75, 3.05) is 5.32 Å². The average Bonchev–Trinajstić information content (AvgIpc) is 3.12. The van der Waals surface area contributed by atoms with E-state index in [1.165, 1.54) is 13.1 Å². The predicted molar refractivity (Wildman–Crippen MR) is 110 cm³/mol. The van der Waals surface area contributed by atoms with Gasteiger partial charge in [0, 0.05) is 28.8 Å². The number of carbonyl (C=O) groups is 2. The van der Waals surface area contributed by atoms with Gasteiger partial charge in [0.25, 0.3) is 5.91 Å². The third-order valence-electron chi connectivity index (χ3n) is 3.65. The summed E-state index contributed by atoms with van der Waals surface area (Å²) < 4.78 is 5.66. The van der Waals surface area contributed by atoms with Crippen LogP contribution < -0.4 is 10.7 Å². The van der Waals surface area contributed by atoms with Gasteiger partial charge in [-0.25, -0.2) is 5.43 Å². The van der Waals surface area contributed by atoms with E-state index in [9.17, 15) is 9.59 Å². The Morgan fingerprint density at radius 3 is 2.50 bits per heavy atom. The van der Waals surface area contributed by atoms with Crippen LogP contribution in [0.25, 0.3) is 11.3 Å². The Morgan fingerprint density at radius 1 is 1.04 bits per heavy atom. The molecule has 0 saturated heterocycles. The zero-order valence-electron chi connectivity index (χ0n) is 14.7. The number of amides is 2. The van der Waals surface area contributed by atoms with Crippen molar-refractivity contribution in [1.82, 2.24) is 5.43 Å². The number of hydrogen-bond donors (Lipinski definition) is 2. The Labute approximate surface area is 171 Å². The maximum Gasteiger partial charge on any atom is 0.271 e. The average molecular weight is 416 g/mol. The lowest BCUT2D eigenvalue weighted by molar-refractivity contribution is -0.114. The minimum absolute atomic E-state index is 0.182. The first-order valence-corrected chi connectivity index (χ1v) is 8.94. The monoisotopic (exact) mass is 415 g/mol. The van der Waals surface area contributed by atoms with E-state index in [0.717, 1.165) is 0 Å². The molecule has 2 N–H and O–H groups in total. The van der Waals surface area contributed by atoms with Crippen LogP contribution in [0, 0.1) is 0 Å². The van der Waals surface area contributed by atoms with Crippen LogP contribution in [-0.2, 0) is 4.79 Å². The summed E-state index contributed by atoms with van der Waals surface area (Å²) in [6.45, 7) is 1.41. The fourth-order valence-electron chi connectivity index (χ4n) is 2.38. The van der Waals surface area contributed by atoms with E-state index in [-0.39, 0.29) is 5.91 Å². The van der Waals surface area contributed by atoms with Gasteiger partial charge in [0.2, 0.25) is 5.91 Å². The molecule has 1 heterocycles. The highest BCUT2D eigenvalue weighted by Gasteiger charge is 2.09. The topological polar surface area (TPSA) is 83.7 Å². The molecule has 28 heavy (non-hydrogen) atoms. The van der Waals surface area contributed by atoms with Gasteiger partial charge in [0.15, 0.2) is 0 Å². The lowest BCUT2D eigenvalue weighted by Crippen LogP contribution is -2.17. The quantitative estimate of drug-likeness (QED) is 0.455. The van der Waals surface area contributed by atoms with E-state index in [1.807, 2.05) is 0 Å². The number of furan rings is 1. The van der Waals surface area contributed by atoms with Crippen LogP contribution in [0.2, 0.25) is 10.0 Å². The lowest BCUT2D eigenvalue weighted by atomic mass is 10.2. The van der Waals surface area contributed by atoms with E-state index in [0.29, 0.717) is 38.4 Å². The molecule has 3 rings (SSSR count). The van der Waals surface area contributed by atoms with Gasteiger partial charge in [-0.1, -0.05) is 23.2 Å². The fraction of sp³-hybridized carbons (Fsp3) is 0.0500. The molecule has 2 amide bonds. The minimum Gasteiger partial charge on any atom is -0.455 e. The summed E-state index contributed by atoms with van der Waals surface area (Å²) in [6, 6.07) is 15.0. The van der Waals surface area contributed by atoms with Gasteiger partial charge in [-0.15, -0.1) is 0 Å². The predicted octanol–water partition coefficient (Wildman–Crippen LogP) is 4.98. The standard InChI is InChI=1S/C20H15Cl2N3O3/c1-12(26)24-15-5-2-13(3-6-15)20(27)25-23-11-16-7-9-19(28-16)17-10-14(21)4-8-18(17)22/h2-11H,1H3,(H,24,26)(H,25,27). The van der Waals surface area contributed by atoms with Gasteiger partial charge in [-0.05, 0) is 54.6 Å². The maximum absolute atomic E-state index is 12.1. The number of benzene rings is 2. The molecule has 0 spiro atoms. The molecule has 6 nitrogen and oxygen atoms in total. The van der Waals surface area contributed by atoms with Gasteiger partial charge in [-0.2, -0.15) is 5.10 Å². The Kier molecular flexibility index (Phi) is 6.13. The van der Waals surface area contributed by atoms with Crippen LogP contribution in [0.3, 0.4) is 0 Å². The molecule has 0 fully saturated rings. The SMILES string of the molecule is CC(=O)Nc1ccc(C(=O)NN=Cc2ccc(-c3cc(Cl)ccc3Cl)o2)cc1. The molecular weight excluding hydrogens is 401 g/mol. The first-order valence-electron chi connectivity index (χ1n) is 8.19. The Bertz CT molecular complexity index is 1040. The Hall–Kier alpha value is -3.09. The van der Waals surface area contributed by atoms with Crippen molar-refractivity contribution in [2.45, 2.75) is 6.92 Å². The smallest absolute Gasteiger partial charge is 0.271 e. The highest BCUT2D eigenvalue weighted by atomic mass is 35.5. The summed E-state index contributed by atoms with van der Waals surface area (Å²) in [5.41, 5.74) is 4.08. The third kappa shape index (κ3) is 5.00. The molecular formula is C20H15Cl2N3O3. The molecule has 142 valence electrons. The minimum atomic E-state index is -0.393. The molecule has 0 aliphatic carbocycles. The fourth-order valence-corrected chi connectivity index (χ4v) is 2.76. The zero-order chi connectivity index (χ0) is 20.1. The van der Waals surface area contributed by atoms with E-state index >= 15 is 0 Å². The van der Waals surface area contributed by atoms with Crippen molar-refractivity contribution in [2.24, 2.45) is 5.10 Å². The summed E-state index contributed by atoms with van der Waals surface area (Å²) in [4.78, 5) is 23.1. The second kappa shape index (κ2) is 8.73. The Morgan fingerprint density at radius 2 is 1.79 bits per heavy atom. The summed E-state index contributed by atoms with van der Waals surface area (Å²) >= 11 is 12.2. The normalized spacial score (nSPS) is 10.8. The zero-order valence-corrected chi connectivity index (χ0v) is 16.2. The van der Waals surface area contributed by atoms with Gasteiger partial charge < -0.3 is 9.73 Å². The number of anilines is 1. The first-order chi connectivity index (χ1) is 13.4. The van der Waals surface area contributed by atoms with Gasteiger partial charge >= 0.3 is 0 Å². The largest absolute Gasteiger partial charge is 0.455 e. The van der Waals surface area contributed by atoms with Crippen LogP contribution in [0.1, 0.15) is 23.0 Å². The molecule has 0 aliphatic heterocycles. The number of nitrogens with zero attached hydrogens (tertiary/aromatic N) is 1. The molecule has 0 bridgehead atoms. The van der Waals surface area contributed by atoms with Crippen molar-refractivity contribution < 1.29 is 14.0 Å². The highest BCUT2D eigenvalue weighted by molar-refractivity contribution is 6.35. The maximum atomic E-state index is 12.1. The van der Waals surface area contributed by atoms with Crippen molar-refractivity contribution in [1.29, 1.82) is 0 Å². The molecule has 2 aromatic carbocycles. The van der Waals surface area contributed by atoms with E-state index in [2.05, 4.69) is 15.8 Å². The van der Waals surface area contributed by atoms with Crippen LogP contribution >= 0.6 is 23.2 Å². The number of nitrogens with one attached hydrogen (secondary N) is 2. The summed E-state index contributed by atoms with van der Waals surface area (Å²) in [7, 11) is 0. The Balaban J connectivity index is 1.63. The van der Waals surface area contributed by atoms with Gasteiger partial charge in [0.05, 0.1) is 11.2 Å². The van der Waals surface area contributed by atoms with E-state index in [1.54, 1.807) is 54.6 Å². The molecule has 0 saturated carbocycles. The van der Waals surface area contributed by atoms with E-state index in [4.69, 9.17) is 27.6 Å².